The summed E-state index contributed by atoms with van der Waals surface area (Å²) in [5, 5.41) is 23.4. The maximum Gasteiger partial charge on any atom is 0.416 e. The van der Waals surface area contributed by atoms with Gasteiger partial charge in [-0.3, -0.25) is 14.9 Å². The Labute approximate surface area is 216 Å². The zero-order chi connectivity index (χ0) is 27.6. The van der Waals surface area contributed by atoms with Gasteiger partial charge in [-0.2, -0.15) is 13.2 Å². The van der Waals surface area contributed by atoms with Crippen LogP contribution in [0.5, 0.6) is 5.75 Å². The van der Waals surface area contributed by atoms with Gasteiger partial charge in [0.05, 0.1) is 16.4 Å². The predicted octanol–water partition coefficient (Wildman–Crippen LogP) is 7.84. The van der Waals surface area contributed by atoms with E-state index in [0.717, 1.165) is 22.9 Å². The third-order valence-corrected chi connectivity index (χ3v) is 6.35. The average molecular weight is 524 g/mol. The molecule has 1 N–H and O–H groups in total. The summed E-state index contributed by atoms with van der Waals surface area (Å²) in [6.45, 7) is 3.11. The van der Waals surface area contributed by atoms with E-state index in [2.05, 4.69) is 0 Å². The Bertz CT molecular complexity index is 1500. The molecule has 0 amide bonds. The maximum atomic E-state index is 13.0. The van der Waals surface area contributed by atoms with Crippen LogP contribution in [-0.4, -0.2) is 16.0 Å². The minimum Gasteiger partial charge on any atom is -0.481 e. The van der Waals surface area contributed by atoms with Crippen molar-refractivity contribution in [3.63, 3.8) is 0 Å². The van der Waals surface area contributed by atoms with Gasteiger partial charge in [0.25, 0.3) is 0 Å². The standard InChI is InChI=1S/C29H24F3NO5/c1-17(28(34)35)13-19-14-25(23-8-7-21-5-3-4-6-22(21)16-23)27(26(15-19)33(36)37)38-18(2)20-9-11-24(12-10-20)29(30,31)32/h3-12,14-18H,13H2,1-2H3,(H,34,35). The Morgan fingerprint density at radius 1 is 0.974 bits per heavy atom. The lowest BCUT2D eigenvalue weighted by Crippen LogP contribution is -2.13. The highest BCUT2D eigenvalue weighted by atomic mass is 19.4. The summed E-state index contributed by atoms with van der Waals surface area (Å²) in [7, 11) is 0. The summed E-state index contributed by atoms with van der Waals surface area (Å²) in [5.74, 6) is -1.86. The molecule has 6 nitrogen and oxygen atoms in total. The molecule has 9 heteroatoms. The summed E-state index contributed by atoms with van der Waals surface area (Å²) >= 11 is 0. The van der Waals surface area contributed by atoms with Gasteiger partial charge in [-0.1, -0.05) is 55.5 Å². The number of alkyl halides is 3. The van der Waals surface area contributed by atoms with Gasteiger partial charge in [0, 0.05) is 11.6 Å². The van der Waals surface area contributed by atoms with Crippen LogP contribution in [0.1, 0.15) is 36.6 Å². The highest BCUT2D eigenvalue weighted by Gasteiger charge is 2.31. The van der Waals surface area contributed by atoms with Crippen LogP contribution >= 0.6 is 0 Å². The molecular weight excluding hydrogens is 499 g/mol. The number of hydrogen-bond donors (Lipinski definition) is 1. The molecule has 0 aromatic heterocycles. The van der Waals surface area contributed by atoms with Gasteiger partial charge in [-0.05, 0) is 65.1 Å². The smallest absolute Gasteiger partial charge is 0.416 e. The summed E-state index contributed by atoms with van der Waals surface area (Å²) in [5.41, 5.74) is 0.683. The molecule has 0 bridgehead atoms. The number of ether oxygens (including phenoxy) is 1. The number of aliphatic carboxylic acids is 1. The average Bonchev–Trinajstić information content (AvgIpc) is 2.88. The molecule has 4 aromatic carbocycles. The number of halogens is 3. The zero-order valence-corrected chi connectivity index (χ0v) is 20.5. The van der Waals surface area contributed by atoms with E-state index in [1.807, 2.05) is 36.4 Å². The molecule has 0 spiro atoms. The van der Waals surface area contributed by atoms with Crippen molar-refractivity contribution >= 4 is 22.4 Å². The lowest BCUT2D eigenvalue weighted by molar-refractivity contribution is -0.386. The second-order valence-electron chi connectivity index (χ2n) is 9.13. The first-order valence-electron chi connectivity index (χ1n) is 11.8. The van der Waals surface area contributed by atoms with E-state index in [1.54, 1.807) is 19.1 Å². The molecule has 0 radical (unpaired) electrons. The Kier molecular flexibility index (Phi) is 7.39. The topological polar surface area (TPSA) is 89.7 Å². The molecule has 0 aliphatic carbocycles. The van der Waals surface area contributed by atoms with E-state index in [1.165, 1.54) is 25.1 Å². The minimum atomic E-state index is -4.49. The molecule has 2 atom stereocenters. The van der Waals surface area contributed by atoms with Crippen LogP contribution in [0, 0.1) is 16.0 Å². The van der Waals surface area contributed by atoms with Gasteiger partial charge in [-0.25, -0.2) is 0 Å². The van der Waals surface area contributed by atoms with E-state index >= 15 is 0 Å². The van der Waals surface area contributed by atoms with Gasteiger partial charge in [0.1, 0.15) is 6.10 Å². The van der Waals surface area contributed by atoms with Crippen molar-refractivity contribution < 1.29 is 32.7 Å². The molecule has 38 heavy (non-hydrogen) atoms. The number of carbonyl (C=O) groups is 1. The van der Waals surface area contributed by atoms with Crippen molar-refractivity contribution in [2.75, 3.05) is 0 Å². The number of nitro benzene ring substituents is 1. The first-order valence-corrected chi connectivity index (χ1v) is 11.8. The predicted molar refractivity (Wildman–Crippen MR) is 137 cm³/mol. The second kappa shape index (κ2) is 10.5. The molecule has 0 aliphatic rings. The van der Waals surface area contributed by atoms with Crippen molar-refractivity contribution in [1.82, 2.24) is 0 Å². The number of nitro groups is 1. The molecule has 0 aliphatic heterocycles. The number of rotatable bonds is 8. The van der Waals surface area contributed by atoms with Crippen molar-refractivity contribution in [3.8, 4) is 16.9 Å². The quantitative estimate of drug-likeness (QED) is 0.188. The number of fused-ring (bicyclic) bond motifs is 1. The van der Waals surface area contributed by atoms with Crippen LogP contribution < -0.4 is 4.74 Å². The number of carboxylic acids is 1. The van der Waals surface area contributed by atoms with Crippen LogP contribution in [0.3, 0.4) is 0 Å². The first kappa shape index (κ1) is 26.7. The largest absolute Gasteiger partial charge is 0.481 e. The van der Waals surface area contributed by atoms with Crippen LogP contribution in [0.2, 0.25) is 0 Å². The van der Waals surface area contributed by atoms with E-state index in [-0.39, 0.29) is 17.9 Å². The molecule has 196 valence electrons. The zero-order valence-electron chi connectivity index (χ0n) is 20.5. The Morgan fingerprint density at radius 2 is 1.63 bits per heavy atom. The monoisotopic (exact) mass is 523 g/mol. The van der Waals surface area contributed by atoms with Crippen LogP contribution in [0.4, 0.5) is 18.9 Å². The molecule has 4 aromatic rings. The molecule has 0 heterocycles. The molecule has 2 unspecified atom stereocenters. The van der Waals surface area contributed by atoms with Gasteiger partial charge in [0.15, 0.2) is 0 Å². The number of carboxylic acid groups (broad SMARTS) is 1. The van der Waals surface area contributed by atoms with Crippen molar-refractivity contribution in [3.05, 3.63) is 106 Å². The number of hydrogen-bond acceptors (Lipinski definition) is 4. The van der Waals surface area contributed by atoms with Crippen LogP contribution in [0.15, 0.2) is 78.9 Å². The molecular formula is C29H24F3NO5. The van der Waals surface area contributed by atoms with Gasteiger partial charge < -0.3 is 9.84 Å². The van der Waals surface area contributed by atoms with E-state index < -0.39 is 34.7 Å². The second-order valence-corrected chi connectivity index (χ2v) is 9.13. The van der Waals surface area contributed by atoms with Gasteiger partial charge in [-0.15, -0.1) is 0 Å². The lowest BCUT2D eigenvalue weighted by Gasteiger charge is -2.20. The lowest BCUT2D eigenvalue weighted by atomic mass is 9.94. The maximum absolute atomic E-state index is 13.0. The Hall–Kier alpha value is -4.40. The molecule has 0 fully saturated rings. The highest BCUT2D eigenvalue weighted by Crippen LogP contribution is 2.43. The fourth-order valence-corrected chi connectivity index (χ4v) is 4.25. The number of benzene rings is 4. The molecule has 0 saturated carbocycles. The molecule has 0 saturated heterocycles. The van der Waals surface area contributed by atoms with E-state index in [9.17, 15) is 33.2 Å². The summed E-state index contributed by atoms with van der Waals surface area (Å²) in [6.07, 6.45) is -5.25. The summed E-state index contributed by atoms with van der Waals surface area (Å²) < 4.78 is 45.1. The fourth-order valence-electron chi connectivity index (χ4n) is 4.25. The van der Waals surface area contributed by atoms with Crippen LogP contribution in [-0.2, 0) is 17.4 Å². The van der Waals surface area contributed by atoms with Crippen molar-refractivity contribution in [1.29, 1.82) is 0 Å². The normalized spacial score (nSPS) is 13.2. The third-order valence-electron chi connectivity index (χ3n) is 6.35. The fraction of sp³-hybridized carbons (Fsp3) is 0.207. The Morgan fingerprint density at radius 3 is 2.24 bits per heavy atom. The SMILES string of the molecule is CC(Cc1cc(-c2ccc3ccccc3c2)c(OC(C)c2ccc(C(F)(F)F)cc2)c([N+](=O)[O-])c1)C(=O)O. The van der Waals surface area contributed by atoms with Gasteiger partial charge in [0.2, 0.25) is 5.75 Å². The number of nitrogens with zero attached hydrogens (tertiary/aromatic N) is 1. The summed E-state index contributed by atoms with van der Waals surface area (Å²) in [4.78, 5) is 23.0. The Balaban J connectivity index is 1.83. The van der Waals surface area contributed by atoms with Crippen molar-refractivity contribution in [2.45, 2.75) is 32.5 Å². The van der Waals surface area contributed by atoms with E-state index in [0.29, 0.717) is 22.3 Å². The van der Waals surface area contributed by atoms with Crippen LogP contribution in [0.25, 0.3) is 21.9 Å². The van der Waals surface area contributed by atoms with Crippen molar-refractivity contribution in [2.24, 2.45) is 5.92 Å². The van der Waals surface area contributed by atoms with E-state index in [4.69, 9.17) is 4.74 Å². The first-order chi connectivity index (χ1) is 17.9. The minimum absolute atomic E-state index is 0.0515. The molecule has 4 rings (SSSR count). The highest BCUT2D eigenvalue weighted by molar-refractivity contribution is 5.89. The summed E-state index contributed by atoms with van der Waals surface area (Å²) in [6, 6.07) is 20.5. The third kappa shape index (κ3) is 5.77. The van der Waals surface area contributed by atoms with Gasteiger partial charge >= 0.3 is 17.8 Å².